The highest BCUT2D eigenvalue weighted by molar-refractivity contribution is 5.78. The standard InChI is InChI=1S/C11H21NO.C7H14O2/c1-9(2)8-10(3)11(13)12-6-4-5-7-12;1-5(2)4-6(3)7(8)9/h9-10H,4-8H2,1-3H3;5-6H,4H2,1-3H3,(H,8,9)/t10-;6-/m00/s1. The third-order valence-electron chi connectivity index (χ3n) is 3.91. The van der Waals surface area contributed by atoms with Gasteiger partial charge in [-0.2, -0.15) is 0 Å². The monoisotopic (exact) mass is 313 g/mol. The largest absolute Gasteiger partial charge is 0.481 e. The van der Waals surface area contributed by atoms with Gasteiger partial charge in [0, 0.05) is 19.0 Å². The summed E-state index contributed by atoms with van der Waals surface area (Å²) in [6.45, 7) is 14.2. The molecule has 1 rings (SSSR count). The molecule has 0 aromatic carbocycles. The van der Waals surface area contributed by atoms with Crippen LogP contribution in [0.3, 0.4) is 0 Å². The van der Waals surface area contributed by atoms with Gasteiger partial charge in [0.15, 0.2) is 0 Å². The maximum atomic E-state index is 11.8. The van der Waals surface area contributed by atoms with Crippen molar-refractivity contribution in [2.45, 2.75) is 67.2 Å². The van der Waals surface area contributed by atoms with Gasteiger partial charge in [0.05, 0.1) is 5.92 Å². The fourth-order valence-corrected chi connectivity index (χ4v) is 2.87. The smallest absolute Gasteiger partial charge is 0.306 e. The Morgan fingerprint density at radius 2 is 1.27 bits per heavy atom. The lowest BCUT2D eigenvalue weighted by molar-refractivity contribution is -0.141. The molecular weight excluding hydrogens is 278 g/mol. The topological polar surface area (TPSA) is 57.6 Å². The van der Waals surface area contributed by atoms with Gasteiger partial charge in [-0.25, -0.2) is 0 Å². The Bertz CT molecular complexity index is 333. The lowest BCUT2D eigenvalue weighted by atomic mass is 9.98. The zero-order chi connectivity index (χ0) is 17.3. The summed E-state index contributed by atoms with van der Waals surface area (Å²) in [7, 11) is 0. The average molecular weight is 313 g/mol. The molecule has 0 saturated carbocycles. The Kier molecular flexibility index (Phi) is 10.1. The minimum atomic E-state index is -0.691. The molecule has 0 unspecified atom stereocenters. The van der Waals surface area contributed by atoms with Crippen molar-refractivity contribution in [2.24, 2.45) is 23.7 Å². The number of carboxylic acids is 1. The summed E-state index contributed by atoms with van der Waals surface area (Å²) in [6, 6.07) is 0. The molecule has 0 aromatic rings. The fourth-order valence-electron chi connectivity index (χ4n) is 2.87. The van der Waals surface area contributed by atoms with Crippen molar-refractivity contribution >= 4 is 11.9 Å². The van der Waals surface area contributed by atoms with Crippen LogP contribution in [0.1, 0.15) is 67.2 Å². The molecule has 1 aliphatic rings. The third-order valence-corrected chi connectivity index (χ3v) is 3.91. The van der Waals surface area contributed by atoms with Crippen LogP contribution in [0.4, 0.5) is 0 Å². The number of rotatable bonds is 6. The second-order valence-corrected chi connectivity index (χ2v) is 7.43. The van der Waals surface area contributed by atoms with E-state index in [0.29, 0.717) is 17.7 Å². The van der Waals surface area contributed by atoms with Crippen LogP contribution in [-0.2, 0) is 9.59 Å². The second kappa shape index (κ2) is 10.6. The van der Waals surface area contributed by atoms with Gasteiger partial charge in [-0.1, -0.05) is 41.5 Å². The first-order valence-electron chi connectivity index (χ1n) is 8.66. The van der Waals surface area contributed by atoms with Gasteiger partial charge in [0.1, 0.15) is 0 Å². The number of aliphatic carboxylic acids is 1. The van der Waals surface area contributed by atoms with Crippen LogP contribution in [0, 0.1) is 23.7 Å². The first-order valence-corrected chi connectivity index (χ1v) is 8.66. The highest BCUT2D eigenvalue weighted by atomic mass is 16.4. The van der Waals surface area contributed by atoms with Crippen molar-refractivity contribution in [3.05, 3.63) is 0 Å². The molecule has 1 saturated heterocycles. The lowest BCUT2D eigenvalue weighted by Gasteiger charge is -2.21. The number of carboxylic acid groups (broad SMARTS) is 1. The highest BCUT2D eigenvalue weighted by Crippen LogP contribution is 2.17. The maximum Gasteiger partial charge on any atom is 0.306 e. The molecule has 1 N–H and O–H groups in total. The number of carbonyl (C=O) groups excluding carboxylic acids is 1. The van der Waals surface area contributed by atoms with E-state index in [2.05, 4.69) is 20.8 Å². The first-order chi connectivity index (χ1) is 10.1. The van der Waals surface area contributed by atoms with Crippen LogP contribution in [0.15, 0.2) is 0 Å². The van der Waals surface area contributed by atoms with E-state index >= 15 is 0 Å². The van der Waals surface area contributed by atoms with Crippen molar-refractivity contribution in [3.8, 4) is 0 Å². The Balaban J connectivity index is 0.000000433. The van der Waals surface area contributed by atoms with E-state index in [4.69, 9.17) is 5.11 Å². The van der Waals surface area contributed by atoms with E-state index in [1.807, 2.05) is 18.7 Å². The molecule has 0 aliphatic carbocycles. The summed E-state index contributed by atoms with van der Waals surface area (Å²) in [5, 5.41) is 8.43. The fraction of sp³-hybridized carbons (Fsp3) is 0.889. The van der Waals surface area contributed by atoms with Gasteiger partial charge in [0.25, 0.3) is 0 Å². The molecule has 1 fully saturated rings. The molecule has 4 nitrogen and oxygen atoms in total. The van der Waals surface area contributed by atoms with E-state index in [1.54, 1.807) is 6.92 Å². The summed E-state index contributed by atoms with van der Waals surface area (Å²) in [6.07, 6.45) is 4.19. The molecule has 0 spiro atoms. The summed E-state index contributed by atoms with van der Waals surface area (Å²) < 4.78 is 0. The van der Waals surface area contributed by atoms with E-state index in [0.717, 1.165) is 25.9 Å². The van der Waals surface area contributed by atoms with Gasteiger partial charge < -0.3 is 10.0 Å². The van der Waals surface area contributed by atoms with Gasteiger partial charge in [-0.3, -0.25) is 9.59 Å². The zero-order valence-corrected chi connectivity index (χ0v) is 15.3. The second-order valence-electron chi connectivity index (χ2n) is 7.43. The minimum Gasteiger partial charge on any atom is -0.481 e. The molecule has 130 valence electrons. The predicted octanol–water partition coefficient (Wildman–Crippen LogP) is 4.04. The van der Waals surface area contributed by atoms with E-state index in [-0.39, 0.29) is 11.8 Å². The van der Waals surface area contributed by atoms with Crippen LogP contribution < -0.4 is 0 Å². The summed E-state index contributed by atoms with van der Waals surface area (Å²) in [5.41, 5.74) is 0. The molecular formula is C18H35NO3. The lowest BCUT2D eigenvalue weighted by Crippen LogP contribution is -2.33. The SMILES string of the molecule is CC(C)C[C@H](C)C(=O)N1CCCC1.CC(C)C[C@H](C)C(=O)O. The zero-order valence-electron chi connectivity index (χ0n) is 15.3. The van der Waals surface area contributed by atoms with Crippen LogP contribution in [0.5, 0.6) is 0 Å². The van der Waals surface area contributed by atoms with E-state index in [1.165, 1.54) is 12.8 Å². The summed E-state index contributed by atoms with van der Waals surface area (Å²) in [4.78, 5) is 24.1. The Morgan fingerprint density at radius 3 is 1.59 bits per heavy atom. The number of likely N-dealkylation sites (tertiary alicyclic amines) is 1. The van der Waals surface area contributed by atoms with Crippen LogP contribution in [0.25, 0.3) is 0 Å². The summed E-state index contributed by atoms with van der Waals surface area (Å²) in [5.74, 6) is 0.815. The van der Waals surface area contributed by atoms with Crippen molar-refractivity contribution < 1.29 is 14.7 Å². The quantitative estimate of drug-likeness (QED) is 0.805. The Hall–Kier alpha value is -1.06. The van der Waals surface area contributed by atoms with Crippen LogP contribution in [0.2, 0.25) is 0 Å². The number of carbonyl (C=O) groups is 2. The predicted molar refractivity (Wildman–Crippen MR) is 90.7 cm³/mol. The highest BCUT2D eigenvalue weighted by Gasteiger charge is 2.23. The molecule has 0 bridgehead atoms. The van der Waals surface area contributed by atoms with Gasteiger partial charge >= 0.3 is 5.97 Å². The third kappa shape index (κ3) is 9.06. The van der Waals surface area contributed by atoms with Gasteiger partial charge in [0.2, 0.25) is 5.91 Å². The number of hydrogen-bond acceptors (Lipinski definition) is 2. The van der Waals surface area contributed by atoms with Crippen molar-refractivity contribution in [1.29, 1.82) is 0 Å². The van der Waals surface area contributed by atoms with Crippen LogP contribution >= 0.6 is 0 Å². The molecule has 1 aliphatic heterocycles. The minimum absolute atomic E-state index is 0.190. The molecule has 22 heavy (non-hydrogen) atoms. The van der Waals surface area contributed by atoms with Crippen molar-refractivity contribution in [1.82, 2.24) is 4.90 Å². The number of nitrogens with zero attached hydrogens (tertiary/aromatic N) is 1. The van der Waals surface area contributed by atoms with E-state index in [9.17, 15) is 9.59 Å². The van der Waals surface area contributed by atoms with Crippen molar-refractivity contribution in [3.63, 3.8) is 0 Å². The average Bonchev–Trinajstić information content (AvgIpc) is 2.90. The van der Waals surface area contributed by atoms with Crippen molar-refractivity contribution in [2.75, 3.05) is 13.1 Å². The Morgan fingerprint density at radius 1 is 0.864 bits per heavy atom. The van der Waals surface area contributed by atoms with E-state index < -0.39 is 5.97 Å². The molecule has 2 atom stereocenters. The Labute approximate surface area is 136 Å². The summed E-state index contributed by atoms with van der Waals surface area (Å²) >= 11 is 0. The normalized spacial score (nSPS) is 17.2. The first kappa shape index (κ1) is 20.9. The van der Waals surface area contributed by atoms with Gasteiger partial charge in [-0.15, -0.1) is 0 Å². The molecule has 1 amide bonds. The van der Waals surface area contributed by atoms with Crippen LogP contribution in [-0.4, -0.2) is 35.0 Å². The van der Waals surface area contributed by atoms with Gasteiger partial charge in [-0.05, 0) is 37.5 Å². The number of hydrogen-bond donors (Lipinski definition) is 1. The molecule has 0 aromatic heterocycles. The molecule has 4 heteroatoms. The molecule has 0 radical (unpaired) electrons. The molecule has 1 heterocycles. The number of amides is 1. The maximum absolute atomic E-state index is 11.8.